The molecule has 0 heterocycles. The summed E-state index contributed by atoms with van der Waals surface area (Å²) in [6, 6.07) is 64.5. The predicted octanol–water partition coefficient (Wildman–Crippen LogP) is 7.21. The molecule has 1 nitrogen and oxygen atoms in total. The zero-order valence-corrected chi connectivity index (χ0v) is 28.0. The summed E-state index contributed by atoms with van der Waals surface area (Å²) in [5.41, 5.74) is 0. The quantitative estimate of drug-likeness (QED) is 0.0762. The fourth-order valence-corrected chi connectivity index (χ4v) is 11.8. The van der Waals surface area contributed by atoms with E-state index in [1.54, 1.807) is 0 Å². The zero-order valence-electron chi connectivity index (χ0n) is 22.7. The maximum absolute atomic E-state index is 7.75. The van der Waals surface area contributed by atoms with Crippen molar-refractivity contribution in [2.75, 3.05) is 5.90 Å². The SMILES string of the molecule is [CH-]=O.[Rh].[Rh].c1cc[cH-]c1.c1cc[cH-]c1.c1ccc([PH+](C[PH+](c2ccccc2)c2ccccc2)c2ccccc2)cc1. The molecule has 0 spiro atoms. The molecule has 0 fully saturated rings. The van der Waals surface area contributed by atoms with Gasteiger partial charge in [-0.1, -0.05) is 72.8 Å². The first-order valence-corrected chi connectivity index (χ1v) is 16.3. The molecule has 2 radical (unpaired) electrons. The smallest absolute Gasteiger partial charge is 0.174 e. The van der Waals surface area contributed by atoms with Crippen LogP contribution in [0.2, 0.25) is 0 Å². The molecule has 0 aliphatic carbocycles. The Morgan fingerprint density at radius 1 is 0.390 bits per heavy atom. The van der Waals surface area contributed by atoms with Crippen molar-refractivity contribution in [2.24, 2.45) is 0 Å². The molecule has 0 saturated carbocycles. The van der Waals surface area contributed by atoms with E-state index < -0.39 is 15.8 Å². The molecule has 0 amide bonds. The zero-order chi connectivity index (χ0) is 27.4. The Labute approximate surface area is 273 Å². The molecule has 0 aliphatic rings. The molecule has 0 aliphatic heterocycles. The van der Waals surface area contributed by atoms with Crippen LogP contribution in [0.25, 0.3) is 0 Å². The third-order valence-corrected chi connectivity index (χ3v) is 12.9. The van der Waals surface area contributed by atoms with Gasteiger partial charge in [0, 0.05) is 39.0 Å². The summed E-state index contributed by atoms with van der Waals surface area (Å²) in [5.74, 6) is 1.25. The molecule has 5 heteroatoms. The van der Waals surface area contributed by atoms with Gasteiger partial charge >= 0.3 is 0 Å². The van der Waals surface area contributed by atoms with Crippen LogP contribution >= 0.6 is 15.8 Å². The second-order valence-electron chi connectivity index (χ2n) is 8.52. The minimum Gasteiger partial charge on any atom is -0.545 e. The van der Waals surface area contributed by atoms with E-state index >= 15 is 0 Å². The Bertz CT molecular complexity index is 1130. The van der Waals surface area contributed by atoms with Crippen molar-refractivity contribution < 1.29 is 43.8 Å². The van der Waals surface area contributed by atoms with Gasteiger partial charge in [-0.15, -0.1) is 0 Å². The standard InChI is InChI=1S/C25H22P2.2C5H5.CHO.2Rh/c1-5-13-22(14-6-1)26(23-15-7-2-8-16-23)21-27(24-17-9-3-10-18-24)25-19-11-4-12-20-25;2*1-2-4-5-3-1;1-2;;/h1-20H,21H2;2*1-5H;1H;;/q;3*-1;;/p+2. The van der Waals surface area contributed by atoms with Crippen LogP contribution in [0.1, 0.15) is 0 Å². The van der Waals surface area contributed by atoms with Gasteiger partial charge in [0.15, 0.2) is 5.90 Å². The molecule has 0 atom stereocenters. The van der Waals surface area contributed by atoms with E-state index in [2.05, 4.69) is 128 Å². The molecule has 0 bridgehead atoms. The number of rotatable bonds is 6. The summed E-state index contributed by atoms with van der Waals surface area (Å²) < 4.78 is 0. The average molecular weight is 751 g/mol. The van der Waals surface area contributed by atoms with Crippen LogP contribution in [0, 0.1) is 0 Å². The van der Waals surface area contributed by atoms with E-state index in [4.69, 9.17) is 4.79 Å². The first-order chi connectivity index (χ1) is 19.4. The summed E-state index contributed by atoms with van der Waals surface area (Å²) in [5, 5.41) is 6.01. The second kappa shape index (κ2) is 23.0. The largest absolute Gasteiger partial charge is 0.545 e. The first-order valence-electron chi connectivity index (χ1n) is 12.9. The van der Waals surface area contributed by atoms with Gasteiger partial charge in [0.25, 0.3) is 0 Å². The number of hydrogen-bond donors (Lipinski definition) is 0. The Morgan fingerprint density at radius 3 is 0.780 bits per heavy atom. The fourth-order valence-electron chi connectivity index (χ4n) is 4.12. The Balaban J connectivity index is 0.000000501. The van der Waals surface area contributed by atoms with E-state index in [9.17, 15) is 0 Å². The number of benzene rings is 4. The molecular weight excluding hydrogens is 716 g/mol. The van der Waals surface area contributed by atoms with Gasteiger partial charge in [0.05, 0.1) is 0 Å². The topological polar surface area (TPSA) is 17.1 Å². The Morgan fingerprint density at radius 2 is 0.610 bits per heavy atom. The monoisotopic (exact) mass is 751 g/mol. The van der Waals surface area contributed by atoms with Crippen molar-refractivity contribution in [1.29, 1.82) is 0 Å². The van der Waals surface area contributed by atoms with Gasteiger partial charge in [-0.2, -0.15) is 36.4 Å². The van der Waals surface area contributed by atoms with Gasteiger partial charge in [-0.05, 0) is 48.5 Å². The van der Waals surface area contributed by atoms with Crippen molar-refractivity contribution in [2.45, 2.75) is 0 Å². The van der Waals surface area contributed by atoms with Gasteiger partial charge in [0.1, 0.15) is 37.1 Å². The summed E-state index contributed by atoms with van der Waals surface area (Å²) in [7, 11) is -1.69. The summed E-state index contributed by atoms with van der Waals surface area (Å²) in [6.45, 7) is 3.25. The summed E-state index contributed by atoms with van der Waals surface area (Å²) in [4.78, 5) is 7.75. The average Bonchev–Trinajstić information content (AvgIpc) is 3.81. The Kier molecular flexibility index (Phi) is 20.4. The third-order valence-electron chi connectivity index (χ3n) is 5.95. The second-order valence-corrected chi connectivity index (χ2v) is 14.2. The predicted molar refractivity (Wildman–Crippen MR) is 177 cm³/mol. The van der Waals surface area contributed by atoms with Crippen molar-refractivity contribution in [1.82, 2.24) is 0 Å². The summed E-state index contributed by atoms with van der Waals surface area (Å²) in [6.07, 6.45) is 0. The van der Waals surface area contributed by atoms with Gasteiger partial charge < -0.3 is 4.79 Å². The summed E-state index contributed by atoms with van der Waals surface area (Å²) >= 11 is 0. The third kappa shape index (κ3) is 13.3. The minimum atomic E-state index is -0.847. The van der Waals surface area contributed by atoms with Crippen LogP contribution in [0.3, 0.4) is 0 Å². The van der Waals surface area contributed by atoms with Gasteiger partial charge in [-0.25, -0.2) is 24.3 Å². The molecule has 0 saturated heterocycles. The molecule has 6 rings (SSSR count). The van der Waals surface area contributed by atoms with Crippen LogP contribution < -0.4 is 21.2 Å². The van der Waals surface area contributed by atoms with Crippen molar-refractivity contribution >= 4 is 43.9 Å². The first kappa shape index (κ1) is 36.4. The van der Waals surface area contributed by atoms with Crippen LogP contribution in [0.15, 0.2) is 182 Å². The molecule has 0 N–H and O–H groups in total. The number of hydrogen-bond acceptors (Lipinski definition) is 1. The molecule has 6 aromatic rings. The molecular formula is C36H35OP2Rh2-. The normalized spacial score (nSPS) is 9.32. The number of carbonyl (C=O) groups excluding carboxylic acids is 1. The van der Waals surface area contributed by atoms with E-state index in [-0.39, 0.29) is 39.0 Å². The maximum Gasteiger partial charge on any atom is 0.174 e. The van der Waals surface area contributed by atoms with Crippen LogP contribution in [0.5, 0.6) is 0 Å². The van der Waals surface area contributed by atoms with Crippen molar-refractivity contribution in [3.63, 3.8) is 0 Å². The van der Waals surface area contributed by atoms with Gasteiger partial charge in [-0.3, -0.25) is 6.79 Å². The Hall–Kier alpha value is -2.64. The van der Waals surface area contributed by atoms with E-state index in [1.807, 2.05) is 60.7 Å². The molecule has 0 aromatic heterocycles. The molecule has 214 valence electrons. The van der Waals surface area contributed by atoms with Crippen molar-refractivity contribution in [3.8, 4) is 0 Å². The fraction of sp³-hybridized carbons (Fsp3) is 0.0278. The van der Waals surface area contributed by atoms with E-state index in [1.165, 1.54) is 27.1 Å². The molecule has 6 aromatic carbocycles. The van der Waals surface area contributed by atoms with Crippen LogP contribution in [-0.2, 0) is 43.8 Å². The minimum absolute atomic E-state index is 0. The molecule has 0 unspecified atom stereocenters. The van der Waals surface area contributed by atoms with Gasteiger partial charge in [0.2, 0.25) is 0 Å². The van der Waals surface area contributed by atoms with Crippen LogP contribution in [-0.4, -0.2) is 12.7 Å². The van der Waals surface area contributed by atoms with E-state index in [0.717, 1.165) is 0 Å². The van der Waals surface area contributed by atoms with E-state index in [0.29, 0.717) is 0 Å². The molecule has 41 heavy (non-hydrogen) atoms. The maximum atomic E-state index is 7.75. The van der Waals surface area contributed by atoms with Crippen molar-refractivity contribution in [3.05, 3.63) is 182 Å². The van der Waals surface area contributed by atoms with Crippen LogP contribution in [0.4, 0.5) is 0 Å².